The molecule has 6 heteroatoms. The van der Waals surface area contributed by atoms with Crippen LogP contribution in [-0.4, -0.2) is 30.6 Å². The predicted octanol–water partition coefficient (Wildman–Crippen LogP) is 3.26. The standard InChI is InChI=1S/C18H20N4O2/c23-18(20-16-6-3-7-17(12-16)21-24)19-9-11-22-10-8-14-4-1-2-5-15(14)13-22/h1-7,12H,8-11,13H2,(H2,19,20,23). The number of nitroso groups, excluding NO2 is 1. The lowest BCUT2D eigenvalue weighted by Crippen LogP contribution is -2.39. The van der Waals surface area contributed by atoms with E-state index in [2.05, 4.69) is 45.0 Å². The third-order valence-electron chi connectivity index (χ3n) is 4.13. The SMILES string of the molecule is O=Nc1cccc(NC(=O)NCCN2CCc3ccccc3C2)c1. The average molecular weight is 324 g/mol. The molecule has 0 saturated carbocycles. The number of nitrogens with one attached hydrogen (secondary N) is 2. The summed E-state index contributed by atoms with van der Waals surface area (Å²) in [6.07, 6.45) is 1.05. The van der Waals surface area contributed by atoms with Crippen LogP contribution in [-0.2, 0) is 13.0 Å². The summed E-state index contributed by atoms with van der Waals surface area (Å²) >= 11 is 0. The molecule has 1 heterocycles. The van der Waals surface area contributed by atoms with E-state index in [4.69, 9.17) is 0 Å². The number of carbonyl (C=O) groups excluding carboxylic acids is 1. The Morgan fingerprint density at radius 1 is 1.12 bits per heavy atom. The van der Waals surface area contributed by atoms with Crippen LogP contribution in [0.5, 0.6) is 0 Å². The second kappa shape index (κ2) is 7.70. The number of anilines is 1. The van der Waals surface area contributed by atoms with E-state index in [-0.39, 0.29) is 6.03 Å². The number of rotatable bonds is 5. The van der Waals surface area contributed by atoms with E-state index in [1.807, 2.05) is 0 Å². The third kappa shape index (κ3) is 4.17. The second-order valence-electron chi connectivity index (χ2n) is 5.82. The number of hydrogen-bond acceptors (Lipinski definition) is 4. The molecule has 0 spiro atoms. The fourth-order valence-corrected chi connectivity index (χ4v) is 2.89. The van der Waals surface area contributed by atoms with Gasteiger partial charge in [-0.1, -0.05) is 30.3 Å². The van der Waals surface area contributed by atoms with E-state index in [1.165, 1.54) is 17.2 Å². The smallest absolute Gasteiger partial charge is 0.319 e. The molecule has 3 rings (SSSR count). The molecular formula is C18H20N4O2. The number of hydrogen-bond donors (Lipinski definition) is 2. The minimum atomic E-state index is -0.282. The molecule has 0 radical (unpaired) electrons. The minimum absolute atomic E-state index is 0.282. The molecule has 124 valence electrons. The van der Waals surface area contributed by atoms with Crippen molar-refractivity contribution in [1.29, 1.82) is 0 Å². The fourth-order valence-electron chi connectivity index (χ4n) is 2.89. The van der Waals surface area contributed by atoms with Gasteiger partial charge in [-0.15, -0.1) is 4.91 Å². The summed E-state index contributed by atoms with van der Waals surface area (Å²) in [6.45, 7) is 3.30. The van der Waals surface area contributed by atoms with Gasteiger partial charge in [-0.05, 0) is 40.9 Å². The lowest BCUT2D eigenvalue weighted by atomic mass is 10.00. The Balaban J connectivity index is 1.43. The van der Waals surface area contributed by atoms with Crippen molar-refractivity contribution in [2.75, 3.05) is 25.0 Å². The topological polar surface area (TPSA) is 73.8 Å². The monoisotopic (exact) mass is 324 g/mol. The van der Waals surface area contributed by atoms with Crippen molar-refractivity contribution in [3.63, 3.8) is 0 Å². The number of carbonyl (C=O) groups is 1. The molecule has 2 N–H and O–H groups in total. The number of urea groups is 1. The highest BCUT2D eigenvalue weighted by molar-refractivity contribution is 5.89. The minimum Gasteiger partial charge on any atom is -0.337 e. The highest BCUT2D eigenvalue weighted by Crippen LogP contribution is 2.18. The largest absolute Gasteiger partial charge is 0.337 e. The summed E-state index contributed by atoms with van der Waals surface area (Å²) in [4.78, 5) is 24.7. The molecule has 1 aliphatic heterocycles. The zero-order valence-electron chi connectivity index (χ0n) is 13.4. The van der Waals surface area contributed by atoms with Crippen LogP contribution in [0.1, 0.15) is 11.1 Å². The third-order valence-corrected chi connectivity index (χ3v) is 4.13. The van der Waals surface area contributed by atoms with E-state index >= 15 is 0 Å². The van der Waals surface area contributed by atoms with E-state index < -0.39 is 0 Å². The Kier molecular flexibility index (Phi) is 5.18. The Morgan fingerprint density at radius 3 is 2.79 bits per heavy atom. The quantitative estimate of drug-likeness (QED) is 0.829. The van der Waals surface area contributed by atoms with Gasteiger partial charge in [-0.3, -0.25) is 4.90 Å². The molecule has 0 bridgehead atoms. The van der Waals surface area contributed by atoms with E-state index in [1.54, 1.807) is 18.2 Å². The molecule has 0 aromatic heterocycles. The van der Waals surface area contributed by atoms with Gasteiger partial charge in [-0.25, -0.2) is 4.79 Å². The Labute approximate surface area is 140 Å². The molecule has 2 aromatic rings. The predicted molar refractivity (Wildman–Crippen MR) is 94.3 cm³/mol. The van der Waals surface area contributed by atoms with E-state index in [9.17, 15) is 9.70 Å². The van der Waals surface area contributed by atoms with Crippen molar-refractivity contribution in [2.45, 2.75) is 13.0 Å². The van der Waals surface area contributed by atoms with Crippen LogP contribution in [0, 0.1) is 4.91 Å². The van der Waals surface area contributed by atoms with Gasteiger partial charge in [0.25, 0.3) is 0 Å². The number of nitrogens with zero attached hydrogens (tertiary/aromatic N) is 2. The van der Waals surface area contributed by atoms with E-state index in [0.29, 0.717) is 17.9 Å². The van der Waals surface area contributed by atoms with Crippen molar-refractivity contribution >= 4 is 17.4 Å². The molecule has 2 amide bonds. The number of amides is 2. The van der Waals surface area contributed by atoms with Gasteiger partial charge < -0.3 is 10.6 Å². The first kappa shape index (κ1) is 16.1. The van der Waals surface area contributed by atoms with Crippen LogP contribution in [0.25, 0.3) is 0 Å². The van der Waals surface area contributed by atoms with Crippen LogP contribution >= 0.6 is 0 Å². The molecule has 0 fully saturated rings. The lowest BCUT2D eigenvalue weighted by Gasteiger charge is -2.28. The Hall–Kier alpha value is -2.73. The fraction of sp³-hybridized carbons (Fsp3) is 0.278. The van der Waals surface area contributed by atoms with Gasteiger partial charge in [0, 0.05) is 31.9 Å². The summed E-state index contributed by atoms with van der Waals surface area (Å²) in [7, 11) is 0. The summed E-state index contributed by atoms with van der Waals surface area (Å²) in [6, 6.07) is 14.7. The van der Waals surface area contributed by atoms with Crippen molar-refractivity contribution in [2.24, 2.45) is 5.18 Å². The average Bonchev–Trinajstić information content (AvgIpc) is 2.62. The number of fused-ring (bicyclic) bond motifs is 1. The molecule has 24 heavy (non-hydrogen) atoms. The zero-order chi connectivity index (χ0) is 16.8. The van der Waals surface area contributed by atoms with Crippen LogP contribution in [0.2, 0.25) is 0 Å². The van der Waals surface area contributed by atoms with Crippen LogP contribution in [0.15, 0.2) is 53.7 Å². The maximum Gasteiger partial charge on any atom is 0.319 e. The number of benzene rings is 2. The first-order valence-electron chi connectivity index (χ1n) is 8.02. The van der Waals surface area contributed by atoms with Crippen LogP contribution < -0.4 is 10.6 Å². The molecule has 0 unspecified atom stereocenters. The van der Waals surface area contributed by atoms with Crippen LogP contribution in [0.4, 0.5) is 16.2 Å². The summed E-state index contributed by atoms with van der Waals surface area (Å²) in [5, 5.41) is 8.39. The van der Waals surface area contributed by atoms with Gasteiger partial charge in [0.05, 0.1) is 0 Å². The molecule has 2 aromatic carbocycles. The highest BCUT2D eigenvalue weighted by atomic mass is 16.3. The molecule has 1 aliphatic rings. The van der Waals surface area contributed by atoms with Gasteiger partial charge >= 0.3 is 6.03 Å². The van der Waals surface area contributed by atoms with Crippen molar-refractivity contribution in [3.05, 3.63) is 64.6 Å². The van der Waals surface area contributed by atoms with Gasteiger partial charge in [0.15, 0.2) is 0 Å². The lowest BCUT2D eigenvalue weighted by molar-refractivity contribution is 0.239. The molecular weight excluding hydrogens is 304 g/mol. The van der Waals surface area contributed by atoms with Gasteiger partial charge in [-0.2, -0.15) is 0 Å². The van der Waals surface area contributed by atoms with Crippen molar-refractivity contribution in [1.82, 2.24) is 10.2 Å². The summed E-state index contributed by atoms with van der Waals surface area (Å²) in [5.41, 5.74) is 3.63. The van der Waals surface area contributed by atoms with Crippen molar-refractivity contribution < 1.29 is 4.79 Å². The Morgan fingerprint density at radius 2 is 1.96 bits per heavy atom. The zero-order valence-corrected chi connectivity index (χ0v) is 13.4. The summed E-state index contributed by atoms with van der Waals surface area (Å²) in [5.74, 6) is 0. The van der Waals surface area contributed by atoms with E-state index in [0.717, 1.165) is 26.1 Å². The van der Waals surface area contributed by atoms with Gasteiger partial charge in [0.2, 0.25) is 0 Å². The van der Waals surface area contributed by atoms with Crippen LogP contribution in [0.3, 0.4) is 0 Å². The normalized spacial score (nSPS) is 13.8. The molecule has 0 atom stereocenters. The maximum atomic E-state index is 11.9. The molecule has 6 nitrogen and oxygen atoms in total. The second-order valence-corrected chi connectivity index (χ2v) is 5.82. The highest BCUT2D eigenvalue weighted by Gasteiger charge is 2.15. The summed E-state index contributed by atoms with van der Waals surface area (Å²) < 4.78 is 0. The van der Waals surface area contributed by atoms with Crippen molar-refractivity contribution in [3.8, 4) is 0 Å². The molecule has 0 saturated heterocycles. The first-order chi connectivity index (χ1) is 11.7. The maximum absolute atomic E-state index is 11.9. The molecule has 0 aliphatic carbocycles. The first-order valence-corrected chi connectivity index (χ1v) is 8.02. The van der Waals surface area contributed by atoms with Gasteiger partial charge in [0.1, 0.15) is 5.69 Å². The Bertz CT molecular complexity index is 732.